The SMILES string of the molecule is N#Cc1cnc(N2CCC(n3cccn3)C2)cn1. The van der Waals surface area contributed by atoms with E-state index in [2.05, 4.69) is 20.0 Å². The normalized spacial score (nSPS) is 18.8. The Morgan fingerprint density at radius 2 is 2.28 bits per heavy atom. The molecule has 90 valence electrons. The first kappa shape index (κ1) is 10.7. The van der Waals surface area contributed by atoms with Crippen molar-refractivity contribution < 1.29 is 0 Å². The van der Waals surface area contributed by atoms with Crippen LogP contribution in [-0.4, -0.2) is 32.8 Å². The molecule has 1 aliphatic heterocycles. The zero-order valence-corrected chi connectivity index (χ0v) is 9.77. The van der Waals surface area contributed by atoms with Crippen LogP contribution in [0.4, 0.5) is 5.82 Å². The van der Waals surface area contributed by atoms with Crippen LogP contribution in [0.1, 0.15) is 18.2 Å². The molecule has 0 aliphatic carbocycles. The third-order valence-corrected chi connectivity index (χ3v) is 3.14. The van der Waals surface area contributed by atoms with E-state index in [0.717, 1.165) is 25.3 Å². The van der Waals surface area contributed by atoms with E-state index >= 15 is 0 Å². The smallest absolute Gasteiger partial charge is 0.158 e. The van der Waals surface area contributed by atoms with Crippen LogP contribution in [0.25, 0.3) is 0 Å². The van der Waals surface area contributed by atoms with Crippen molar-refractivity contribution in [3.63, 3.8) is 0 Å². The molecular weight excluding hydrogens is 228 g/mol. The molecule has 1 fully saturated rings. The van der Waals surface area contributed by atoms with E-state index in [9.17, 15) is 0 Å². The molecule has 1 unspecified atom stereocenters. The largest absolute Gasteiger partial charge is 0.353 e. The highest BCUT2D eigenvalue weighted by molar-refractivity contribution is 5.38. The summed E-state index contributed by atoms with van der Waals surface area (Å²) < 4.78 is 1.98. The number of aromatic nitrogens is 4. The van der Waals surface area contributed by atoms with Gasteiger partial charge in [-0.1, -0.05) is 0 Å². The van der Waals surface area contributed by atoms with Crippen LogP contribution in [0.15, 0.2) is 30.9 Å². The van der Waals surface area contributed by atoms with E-state index < -0.39 is 0 Å². The Bertz CT molecular complexity index is 553. The molecule has 1 atom stereocenters. The average molecular weight is 240 g/mol. The fourth-order valence-corrected chi connectivity index (χ4v) is 2.20. The van der Waals surface area contributed by atoms with E-state index in [1.54, 1.807) is 12.4 Å². The molecule has 2 aromatic rings. The Balaban J connectivity index is 1.73. The van der Waals surface area contributed by atoms with Gasteiger partial charge in [-0.15, -0.1) is 0 Å². The first-order chi connectivity index (χ1) is 8.86. The van der Waals surface area contributed by atoms with Crippen molar-refractivity contribution in [2.24, 2.45) is 0 Å². The Morgan fingerprint density at radius 3 is 2.94 bits per heavy atom. The molecule has 6 heteroatoms. The van der Waals surface area contributed by atoms with Crippen LogP contribution >= 0.6 is 0 Å². The van der Waals surface area contributed by atoms with Crippen molar-refractivity contribution in [2.45, 2.75) is 12.5 Å². The molecule has 1 aliphatic rings. The van der Waals surface area contributed by atoms with Gasteiger partial charge in [0, 0.05) is 25.5 Å². The van der Waals surface area contributed by atoms with Crippen molar-refractivity contribution in [3.8, 4) is 6.07 Å². The van der Waals surface area contributed by atoms with Crippen LogP contribution in [0, 0.1) is 11.3 Å². The summed E-state index contributed by atoms with van der Waals surface area (Å²) in [5.74, 6) is 0.823. The predicted molar refractivity (Wildman–Crippen MR) is 64.8 cm³/mol. The van der Waals surface area contributed by atoms with Crippen molar-refractivity contribution >= 4 is 5.82 Å². The summed E-state index contributed by atoms with van der Waals surface area (Å²) in [5.41, 5.74) is 0.349. The molecule has 0 amide bonds. The average Bonchev–Trinajstić information content (AvgIpc) is 3.09. The highest BCUT2D eigenvalue weighted by Gasteiger charge is 2.25. The fraction of sp³-hybridized carbons (Fsp3) is 0.333. The van der Waals surface area contributed by atoms with Gasteiger partial charge in [0.15, 0.2) is 5.69 Å². The van der Waals surface area contributed by atoms with Crippen molar-refractivity contribution in [1.82, 2.24) is 19.7 Å². The third-order valence-electron chi connectivity index (χ3n) is 3.14. The minimum atomic E-state index is 0.349. The van der Waals surface area contributed by atoms with Crippen molar-refractivity contribution in [3.05, 3.63) is 36.5 Å². The van der Waals surface area contributed by atoms with E-state index in [4.69, 9.17) is 5.26 Å². The molecule has 1 saturated heterocycles. The molecule has 0 radical (unpaired) electrons. The van der Waals surface area contributed by atoms with E-state index in [1.807, 2.05) is 23.0 Å². The summed E-state index contributed by atoms with van der Waals surface area (Å²) in [5, 5.41) is 12.9. The number of nitriles is 1. The van der Waals surface area contributed by atoms with Crippen LogP contribution in [0.2, 0.25) is 0 Å². The van der Waals surface area contributed by atoms with Crippen LogP contribution in [0.3, 0.4) is 0 Å². The van der Waals surface area contributed by atoms with Crippen LogP contribution in [-0.2, 0) is 0 Å². The minimum Gasteiger partial charge on any atom is -0.353 e. The van der Waals surface area contributed by atoms with Gasteiger partial charge in [-0.2, -0.15) is 10.4 Å². The monoisotopic (exact) mass is 240 g/mol. The first-order valence-electron chi connectivity index (χ1n) is 5.83. The summed E-state index contributed by atoms with van der Waals surface area (Å²) in [6.45, 7) is 1.81. The van der Waals surface area contributed by atoms with Gasteiger partial charge in [-0.05, 0) is 12.5 Å². The van der Waals surface area contributed by atoms with Crippen LogP contribution < -0.4 is 4.90 Å². The Kier molecular flexibility index (Phi) is 2.65. The second kappa shape index (κ2) is 4.45. The zero-order chi connectivity index (χ0) is 12.4. The van der Waals surface area contributed by atoms with Gasteiger partial charge >= 0.3 is 0 Å². The summed E-state index contributed by atoms with van der Waals surface area (Å²) in [6.07, 6.45) is 7.99. The molecular formula is C12H12N6. The Morgan fingerprint density at radius 1 is 1.33 bits per heavy atom. The first-order valence-corrected chi connectivity index (χ1v) is 5.83. The topological polar surface area (TPSA) is 70.6 Å². The summed E-state index contributed by atoms with van der Waals surface area (Å²) >= 11 is 0. The number of nitrogens with zero attached hydrogens (tertiary/aromatic N) is 6. The van der Waals surface area contributed by atoms with E-state index in [-0.39, 0.29) is 0 Å². The molecule has 3 heterocycles. The zero-order valence-electron chi connectivity index (χ0n) is 9.77. The van der Waals surface area contributed by atoms with Crippen molar-refractivity contribution in [2.75, 3.05) is 18.0 Å². The lowest BCUT2D eigenvalue weighted by molar-refractivity contribution is 0.494. The van der Waals surface area contributed by atoms with Gasteiger partial charge in [0.25, 0.3) is 0 Å². The lowest BCUT2D eigenvalue weighted by Gasteiger charge is -2.16. The van der Waals surface area contributed by atoms with E-state index in [1.165, 1.54) is 6.20 Å². The van der Waals surface area contributed by atoms with Gasteiger partial charge < -0.3 is 4.90 Å². The second-order valence-electron chi connectivity index (χ2n) is 4.25. The summed E-state index contributed by atoms with van der Waals surface area (Å²) in [4.78, 5) is 10.5. The van der Waals surface area contributed by atoms with Gasteiger partial charge in [0.2, 0.25) is 0 Å². The van der Waals surface area contributed by atoms with Gasteiger partial charge in [-0.25, -0.2) is 9.97 Å². The molecule has 0 N–H and O–H groups in total. The molecule has 0 aromatic carbocycles. The molecule has 0 spiro atoms. The van der Waals surface area contributed by atoms with E-state index in [0.29, 0.717) is 11.7 Å². The molecule has 0 saturated carbocycles. The maximum atomic E-state index is 8.68. The minimum absolute atomic E-state index is 0.349. The van der Waals surface area contributed by atoms with Gasteiger partial charge in [0.05, 0.1) is 18.4 Å². The Labute approximate surface area is 105 Å². The third kappa shape index (κ3) is 1.91. The van der Waals surface area contributed by atoms with Gasteiger partial charge in [-0.3, -0.25) is 4.68 Å². The van der Waals surface area contributed by atoms with Crippen LogP contribution in [0.5, 0.6) is 0 Å². The maximum absolute atomic E-state index is 8.68. The quantitative estimate of drug-likeness (QED) is 0.783. The maximum Gasteiger partial charge on any atom is 0.158 e. The predicted octanol–water partition coefficient (Wildman–Crippen LogP) is 0.996. The molecule has 3 rings (SSSR count). The number of anilines is 1. The number of rotatable bonds is 2. The van der Waals surface area contributed by atoms with Crippen molar-refractivity contribution in [1.29, 1.82) is 5.26 Å². The van der Waals surface area contributed by atoms with Gasteiger partial charge in [0.1, 0.15) is 11.9 Å². The fourth-order valence-electron chi connectivity index (χ4n) is 2.20. The molecule has 18 heavy (non-hydrogen) atoms. The number of hydrogen-bond acceptors (Lipinski definition) is 5. The highest BCUT2D eigenvalue weighted by Crippen LogP contribution is 2.24. The molecule has 0 bridgehead atoms. The highest BCUT2D eigenvalue weighted by atomic mass is 15.3. The standard InChI is InChI=1S/C12H12N6/c13-6-10-7-15-12(8-14-10)17-5-2-11(9-17)18-4-1-3-16-18/h1,3-4,7-8,11H,2,5,9H2. The number of hydrogen-bond donors (Lipinski definition) is 0. The molecule has 6 nitrogen and oxygen atoms in total. The second-order valence-corrected chi connectivity index (χ2v) is 4.25. The summed E-state index contributed by atoms with van der Waals surface area (Å²) in [6, 6.07) is 4.29. The molecule has 2 aromatic heterocycles. The lowest BCUT2D eigenvalue weighted by Crippen LogP contribution is -2.22. The Hall–Kier alpha value is -2.42. The lowest BCUT2D eigenvalue weighted by atomic mass is 10.3. The summed E-state index contributed by atoms with van der Waals surface area (Å²) in [7, 11) is 0.